The van der Waals surface area contributed by atoms with E-state index in [1.54, 1.807) is 35.4 Å². The maximum atomic E-state index is 9.96. The Hall–Kier alpha value is -2.45. The average Bonchev–Trinajstić information content (AvgIpc) is 3.31. The quantitative estimate of drug-likeness (QED) is 0.407. The van der Waals surface area contributed by atoms with Crippen LogP contribution in [0, 0.1) is 0 Å². The summed E-state index contributed by atoms with van der Waals surface area (Å²) in [6, 6.07) is 8.18. The minimum atomic E-state index is -0.711. The SMILES string of the molecule is CCCOc1c(NC(C)O)cc([C@@H]2CC[C@@H](c3cc(OC)c(OC)c(OC)c3)S2)cc1OC. The van der Waals surface area contributed by atoms with Gasteiger partial charge in [0.25, 0.3) is 0 Å². The first-order chi connectivity index (χ1) is 15.9. The average molecular weight is 478 g/mol. The van der Waals surface area contributed by atoms with Crippen molar-refractivity contribution >= 4 is 17.4 Å². The van der Waals surface area contributed by atoms with Crippen LogP contribution in [0.5, 0.6) is 28.7 Å². The van der Waals surface area contributed by atoms with Gasteiger partial charge in [-0.15, -0.1) is 11.8 Å². The first-order valence-electron chi connectivity index (χ1n) is 11.2. The standard InChI is InChI=1S/C25H35NO6S/c1-7-10-32-24-18(26-15(2)27)11-16(12-19(24)28-3)22-8-9-23(33-22)17-13-20(29-4)25(31-6)21(14-17)30-5/h11-15,22-23,26-27H,7-10H2,1-6H3/t15?,22-,23-/m0/s1. The highest BCUT2D eigenvalue weighted by Gasteiger charge is 2.31. The molecule has 0 radical (unpaired) electrons. The number of rotatable bonds is 11. The maximum absolute atomic E-state index is 9.96. The van der Waals surface area contributed by atoms with Gasteiger partial charge in [-0.1, -0.05) is 6.92 Å². The third kappa shape index (κ3) is 5.73. The molecule has 7 nitrogen and oxygen atoms in total. The summed E-state index contributed by atoms with van der Waals surface area (Å²) in [5.74, 6) is 3.23. The van der Waals surface area contributed by atoms with E-state index in [9.17, 15) is 5.11 Å². The molecule has 182 valence electrons. The minimum Gasteiger partial charge on any atom is -0.493 e. The van der Waals surface area contributed by atoms with Crippen LogP contribution < -0.4 is 29.0 Å². The van der Waals surface area contributed by atoms with E-state index in [-0.39, 0.29) is 5.25 Å². The summed E-state index contributed by atoms with van der Waals surface area (Å²) >= 11 is 1.90. The highest BCUT2D eigenvalue weighted by molar-refractivity contribution is 8.00. The largest absolute Gasteiger partial charge is 0.493 e. The Labute approximate surface area is 200 Å². The summed E-state index contributed by atoms with van der Waals surface area (Å²) < 4.78 is 28.2. The monoisotopic (exact) mass is 477 g/mol. The van der Waals surface area contributed by atoms with E-state index < -0.39 is 6.23 Å². The van der Waals surface area contributed by atoms with Gasteiger partial charge in [-0.2, -0.15) is 0 Å². The van der Waals surface area contributed by atoms with Gasteiger partial charge in [0.2, 0.25) is 5.75 Å². The van der Waals surface area contributed by atoms with Crippen LogP contribution in [0.4, 0.5) is 5.69 Å². The predicted molar refractivity (Wildman–Crippen MR) is 132 cm³/mol. The molecule has 0 bridgehead atoms. The predicted octanol–water partition coefficient (Wildman–Crippen LogP) is 5.57. The van der Waals surface area contributed by atoms with Crippen molar-refractivity contribution in [3.63, 3.8) is 0 Å². The topological polar surface area (TPSA) is 78.4 Å². The maximum Gasteiger partial charge on any atom is 0.203 e. The molecule has 3 atom stereocenters. The lowest BCUT2D eigenvalue weighted by Gasteiger charge is -2.21. The van der Waals surface area contributed by atoms with E-state index in [1.807, 2.05) is 30.0 Å². The van der Waals surface area contributed by atoms with Crippen molar-refractivity contribution < 1.29 is 28.8 Å². The number of methoxy groups -OCH3 is 4. The summed E-state index contributed by atoms with van der Waals surface area (Å²) in [6.45, 7) is 4.32. The molecular weight excluding hydrogens is 442 g/mol. The lowest BCUT2D eigenvalue weighted by Crippen LogP contribution is -2.15. The van der Waals surface area contributed by atoms with E-state index in [2.05, 4.69) is 18.3 Å². The van der Waals surface area contributed by atoms with E-state index in [0.29, 0.717) is 40.6 Å². The van der Waals surface area contributed by atoms with Crippen LogP contribution in [0.1, 0.15) is 54.7 Å². The zero-order valence-electron chi connectivity index (χ0n) is 20.3. The highest BCUT2D eigenvalue weighted by atomic mass is 32.2. The molecule has 1 aliphatic rings. The molecule has 0 aromatic heterocycles. The number of anilines is 1. The molecule has 1 saturated heterocycles. The van der Waals surface area contributed by atoms with Crippen molar-refractivity contribution in [2.75, 3.05) is 40.4 Å². The summed E-state index contributed by atoms with van der Waals surface area (Å²) in [6.07, 6.45) is 2.20. The van der Waals surface area contributed by atoms with E-state index in [4.69, 9.17) is 23.7 Å². The molecule has 1 unspecified atom stereocenters. The smallest absolute Gasteiger partial charge is 0.203 e. The van der Waals surface area contributed by atoms with Crippen molar-refractivity contribution in [3.8, 4) is 28.7 Å². The Morgan fingerprint density at radius 3 is 1.85 bits per heavy atom. The summed E-state index contributed by atoms with van der Waals surface area (Å²) in [4.78, 5) is 0. The fraction of sp³-hybridized carbons (Fsp3) is 0.520. The second-order valence-corrected chi connectivity index (χ2v) is 9.33. The summed E-state index contributed by atoms with van der Waals surface area (Å²) in [5.41, 5.74) is 3.03. The van der Waals surface area contributed by atoms with Crippen LogP contribution in [0.25, 0.3) is 0 Å². The molecular formula is C25H35NO6S. The molecule has 2 aromatic carbocycles. The third-order valence-electron chi connectivity index (χ3n) is 5.56. The molecule has 3 rings (SSSR count). The normalized spacial score (nSPS) is 18.5. The summed E-state index contributed by atoms with van der Waals surface area (Å²) in [5, 5.41) is 13.6. The third-order valence-corrected chi connectivity index (χ3v) is 7.24. The lowest BCUT2D eigenvalue weighted by atomic mass is 10.0. The van der Waals surface area contributed by atoms with Crippen molar-refractivity contribution in [2.45, 2.75) is 49.8 Å². The highest BCUT2D eigenvalue weighted by Crippen LogP contribution is 2.56. The molecule has 2 aromatic rings. The van der Waals surface area contributed by atoms with Gasteiger partial charge in [-0.25, -0.2) is 0 Å². The van der Waals surface area contributed by atoms with Crippen LogP contribution in [0.15, 0.2) is 24.3 Å². The van der Waals surface area contributed by atoms with Crippen molar-refractivity contribution in [3.05, 3.63) is 35.4 Å². The molecule has 8 heteroatoms. The number of hydrogen-bond acceptors (Lipinski definition) is 8. The number of nitrogens with one attached hydrogen (secondary N) is 1. The number of aliphatic hydroxyl groups is 1. The van der Waals surface area contributed by atoms with Crippen LogP contribution >= 0.6 is 11.8 Å². The minimum absolute atomic E-state index is 0.276. The second-order valence-electron chi connectivity index (χ2n) is 7.92. The number of aliphatic hydroxyl groups excluding tert-OH is 1. The molecule has 0 spiro atoms. The molecule has 0 aliphatic carbocycles. The number of thioether (sulfide) groups is 1. The van der Waals surface area contributed by atoms with Crippen LogP contribution in [-0.2, 0) is 0 Å². The van der Waals surface area contributed by atoms with Crippen LogP contribution in [0.3, 0.4) is 0 Å². The number of hydrogen-bond donors (Lipinski definition) is 2. The zero-order chi connectivity index (χ0) is 24.0. The Balaban J connectivity index is 1.90. The van der Waals surface area contributed by atoms with Crippen molar-refractivity contribution in [1.82, 2.24) is 0 Å². The molecule has 0 amide bonds. The van der Waals surface area contributed by atoms with Crippen LogP contribution in [0.2, 0.25) is 0 Å². The molecule has 0 saturated carbocycles. The van der Waals surface area contributed by atoms with E-state index in [0.717, 1.165) is 36.1 Å². The Bertz CT molecular complexity index is 910. The second kappa shape index (κ2) is 11.6. The number of ether oxygens (including phenoxy) is 5. The first kappa shape index (κ1) is 25.2. The van der Waals surface area contributed by atoms with Gasteiger partial charge in [0.15, 0.2) is 23.0 Å². The van der Waals surface area contributed by atoms with Gasteiger partial charge in [-0.3, -0.25) is 0 Å². The molecule has 1 fully saturated rings. The van der Waals surface area contributed by atoms with Crippen molar-refractivity contribution in [1.29, 1.82) is 0 Å². The Morgan fingerprint density at radius 2 is 1.39 bits per heavy atom. The summed E-state index contributed by atoms with van der Waals surface area (Å²) in [7, 11) is 6.53. The molecule has 1 heterocycles. The van der Waals surface area contributed by atoms with Gasteiger partial charge < -0.3 is 34.1 Å². The first-order valence-corrected chi connectivity index (χ1v) is 12.1. The fourth-order valence-electron chi connectivity index (χ4n) is 4.06. The molecule has 2 N–H and O–H groups in total. The molecule has 33 heavy (non-hydrogen) atoms. The van der Waals surface area contributed by atoms with E-state index in [1.165, 1.54) is 0 Å². The Morgan fingerprint density at radius 1 is 0.879 bits per heavy atom. The zero-order valence-corrected chi connectivity index (χ0v) is 21.1. The van der Waals surface area contributed by atoms with Gasteiger partial charge in [0, 0.05) is 10.5 Å². The van der Waals surface area contributed by atoms with E-state index >= 15 is 0 Å². The van der Waals surface area contributed by atoms with Gasteiger partial charge in [0.05, 0.1) is 40.7 Å². The van der Waals surface area contributed by atoms with Gasteiger partial charge in [-0.05, 0) is 61.6 Å². The van der Waals surface area contributed by atoms with Gasteiger partial charge in [0.1, 0.15) is 6.23 Å². The molecule has 1 aliphatic heterocycles. The number of benzene rings is 2. The fourth-order valence-corrected chi connectivity index (χ4v) is 5.59. The van der Waals surface area contributed by atoms with Crippen molar-refractivity contribution in [2.24, 2.45) is 0 Å². The Kier molecular flexibility index (Phi) is 8.86. The van der Waals surface area contributed by atoms with Gasteiger partial charge >= 0.3 is 0 Å². The van der Waals surface area contributed by atoms with Crippen LogP contribution in [-0.4, -0.2) is 46.4 Å². The lowest BCUT2D eigenvalue weighted by molar-refractivity contribution is 0.222.